The van der Waals surface area contributed by atoms with Crippen molar-refractivity contribution in [3.05, 3.63) is 58.9 Å². The number of rotatable bonds is 4. The minimum Gasteiger partial charge on any atom is -0.493 e. The van der Waals surface area contributed by atoms with Crippen molar-refractivity contribution in [1.29, 1.82) is 0 Å². The highest BCUT2D eigenvalue weighted by atomic mass is 19.1. The van der Waals surface area contributed by atoms with E-state index in [1.165, 1.54) is 7.11 Å². The van der Waals surface area contributed by atoms with Crippen LogP contribution in [0.4, 0.5) is 4.39 Å². The predicted molar refractivity (Wildman–Crippen MR) is 96.0 cm³/mol. The number of carbonyl (C=O) groups is 1. The van der Waals surface area contributed by atoms with E-state index in [1.807, 2.05) is 36.4 Å². The van der Waals surface area contributed by atoms with Crippen molar-refractivity contribution >= 4 is 5.78 Å². The predicted octanol–water partition coefficient (Wildman–Crippen LogP) is 3.68. The number of carbonyl (C=O) groups excluding carboxylic acids is 1. The summed E-state index contributed by atoms with van der Waals surface area (Å²) < 4.78 is 26.5. The van der Waals surface area contributed by atoms with Crippen molar-refractivity contribution in [2.24, 2.45) is 0 Å². The van der Waals surface area contributed by atoms with Gasteiger partial charge in [-0.15, -0.1) is 0 Å². The molecule has 0 spiro atoms. The molecule has 26 heavy (non-hydrogen) atoms. The van der Waals surface area contributed by atoms with Gasteiger partial charge in [-0.1, -0.05) is 30.3 Å². The third kappa shape index (κ3) is 3.07. The number of hydrogen-bond acceptors (Lipinski definition) is 4. The fraction of sp³-hybridized carbons (Fsp3) is 0.381. The monoisotopic (exact) mass is 355 g/mol. The Morgan fingerprint density at radius 3 is 2.73 bits per heavy atom. The molecule has 2 aliphatic heterocycles. The first-order valence-electron chi connectivity index (χ1n) is 8.99. The second kappa shape index (κ2) is 7.08. The van der Waals surface area contributed by atoms with Crippen molar-refractivity contribution in [3.63, 3.8) is 0 Å². The minimum atomic E-state index is -0.354. The highest BCUT2D eigenvalue weighted by Gasteiger charge is 2.35. The van der Waals surface area contributed by atoms with E-state index in [1.54, 1.807) is 0 Å². The number of methoxy groups -OCH3 is 1. The summed E-state index contributed by atoms with van der Waals surface area (Å²) >= 11 is 0. The van der Waals surface area contributed by atoms with Gasteiger partial charge in [-0.2, -0.15) is 0 Å². The SMILES string of the molecule is COc1cc2c(c(F)c1OCc1ccccc1)CCN1CCC(=O)CC21. The average Bonchev–Trinajstić information content (AvgIpc) is 2.67. The summed E-state index contributed by atoms with van der Waals surface area (Å²) in [5.41, 5.74) is 2.49. The molecule has 136 valence electrons. The number of benzene rings is 2. The van der Waals surface area contributed by atoms with Gasteiger partial charge < -0.3 is 9.47 Å². The van der Waals surface area contributed by atoms with Gasteiger partial charge in [-0.05, 0) is 29.2 Å². The topological polar surface area (TPSA) is 38.8 Å². The van der Waals surface area contributed by atoms with Crippen molar-refractivity contribution in [3.8, 4) is 11.5 Å². The first kappa shape index (κ1) is 17.0. The fourth-order valence-electron chi connectivity index (χ4n) is 3.93. The van der Waals surface area contributed by atoms with Crippen LogP contribution in [-0.2, 0) is 17.8 Å². The molecular formula is C21H22FNO3. The van der Waals surface area contributed by atoms with E-state index >= 15 is 4.39 Å². The molecule has 0 radical (unpaired) electrons. The third-order valence-electron chi connectivity index (χ3n) is 5.32. The van der Waals surface area contributed by atoms with Crippen molar-refractivity contribution in [2.45, 2.75) is 31.9 Å². The molecule has 2 aromatic carbocycles. The second-order valence-electron chi connectivity index (χ2n) is 6.86. The molecule has 2 aliphatic rings. The maximum Gasteiger partial charge on any atom is 0.197 e. The normalized spacial score (nSPS) is 19.6. The van der Waals surface area contributed by atoms with Crippen LogP contribution in [0.2, 0.25) is 0 Å². The molecule has 4 nitrogen and oxygen atoms in total. The molecule has 0 amide bonds. The molecule has 5 heteroatoms. The van der Waals surface area contributed by atoms with E-state index in [4.69, 9.17) is 9.47 Å². The van der Waals surface area contributed by atoms with Crippen LogP contribution in [-0.4, -0.2) is 30.9 Å². The highest BCUT2D eigenvalue weighted by Crippen LogP contribution is 2.43. The first-order chi connectivity index (χ1) is 12.7. The number of piperidine rings is 1. The molecule has 0 bridgehead atoms. The van der Waals surface area contributed by atoms with Crippen molar-refractivity contribution < 1.29 is 18.7 Å². The summed E-state index contributed by atoms with van der Waals surface area (Å²) in [4.78, 5) is 14.2. The van der Waals surface area contributed by atoms with Gasteiger partial charge in [0.2, 0.25) is 0 Å². The number of hydrogen-bond donors (Lipinski definition) is 0. The second-order valence-corrected chi connectivity index (χ2v) is 6.86. The van der Waals surface area contributed by atoms with E-state index < -0.39 is 0 Å². The Labute approximate surface area is 152 Å². The smallest absolute Gasteiger partial charge is 0.197 e. The molecule has 1 unspecified atom stereocenters. The summed E-state index contributed by atoms with van der Waals surface area (Å²) in [5.74, 6) is 0.429. The Kier molecular flexibility index (Phi) is 4.64. The van der Waals surface area contributed by atoms with Crippen LogP contribution in [0, 0.1) is 5.82 Å². The lowest BCUT2D eigenvalue weighted by molar-refractivity contribution is -0.123. The van der Waals surface area contributed by atoms with Crippen LogP contribution in [0.5, 0.6) is 11.5 Å². The lowest BCUT2D eigenvalue weighted by atomic mass is 9.86. The molecule has 0 aromatic heterocycles. The summed E-state index contributed by atoms with van der Waals surface area (Å²) in [6, 6.07) is 11.5. The molecule has 1 fully saturated rings. The third-order valence-corrected chi connectivity index (χ3v) is 5.32. The Hall–Kier alpha value is -2.40. The number of nitrogens with zero attached hydrogens (tertiary/aromatic N) is 1. The van der Waals surface area contributed by atoms with E-state index in [0.29, 0.717) is 30.6 Å². The van der Waals surface area contributed by atoms with E-state index in [-0.39, 0.29) is 30.0 Å². The average molecular weight is 355 g/mol. The summed E-state index contributed by atoms with van der Waals surface area (Å²) in [7, 11) is 1.52. The van der Waals surface area contributed by atoms with Crippen LogP contribution in [0.15, 0.2) is 36.4 Å². The summed E-state index contributed by atoms with van der Waals surface area (Å²) in [5, 5.41) is 0. The lowest BCUT2D eigenvalue weighted by Gasteiger charge is -2.40. The first-order valence-corrected chi connectivity index (χ1v) is 8.99. The van der Waals surface area contributed by atoms with E-state index in [2.05, 4.69) is 4.90 Å². The molecule has 0 N–H and O–H groups in total. The lowest BCUT2D eigenvalue weighted by Crippen LogP contribution is -2.41. The number of halogens is 1. The molecule has 0 aliphatic carbocycles. The van der Waals surface area contributed by atoms with Crippen molar-refractivity contribution in [1.82, 2.24) is 4.90 Å². The summed E-state index contributed by atoms with van der Waals surface area (Å²) in [6.07, 6.45) is 1.65. The Balaban J connectivity index is 1.67. The van der Waals surface area contributed by atoms with Gasteiger partial charge in [0.15, 0.2) is 17.3 Å². The Morgan fingerprint density at radius 1 is 1.19 bits per heavy atom. The summed E-state index contributed by atoms with van der Waals surface area (Å²) in [6.45, 7) is 1.80. The fourth-order valence-corrected chi connectivity index (χ4v) is 3.93. The maximum absolute atomic E-state index is 15.3. The zero-order valence-corrected chi connectivity index (χ0v) is 14.8. The quantitative estimate of drug-likeness (QED) is 0.839. The number of ether oxygens (including phenoxy) is 2. The van der Waals surface area contributed by atoms with E-state index in [9.17, 15) is 4.79 Å². The van der Waals surface area contributed by atoms with Gasteiger partial charge in [-0.25, -0.2) is 4.39 Å². The van der Waals surface area contributed by atoms with Crippen LogP contribution in [0.3, 0.4) is 0 Å². The molecule has 1 saturated heterocycles. The van der Waals surface area contributed by atoms with Crippen LogP contribution in [0.1, 0.15) is 35.6 Å². The molecule has 1 atom stereocenters. The van der Waals surface area contributed by atoms with Crippen LogP contribution in [0.25, 0.3) is 0 Å². The van der Waals surface area contributed by atoms with Crippen LogP contribution < -0.4 is 9.47 Å². The van der Waals surface area contributed by atoms with E-state index in [0.717, 1.165) is 24.2 Å². The highest BCUT2D eigenvalue weighted by molar-refractivity contribution is 5.80. The number of Topliss-reactive ketones (excluding diaryl/α,β-unsaturated/α-hetero) is 1. The molecule has 0 saturated carbocycles. The zero-order chi connectivity index (χ0) is 18.1. The maximum atomic E-state index is 15.3. The van der Waals surface area contributed by atoms with Gasteiger partial charge in [0.1, 0.15) is 12.4 Å². The van der Waals surface area contributed by atoms with Gasteiger partial charge in [0, 0.05) is 32.0 Å². The molecule has 4 rings (SSSR count). The van der Waals surface area contributed by atoms with Gasteiger partial charge in [0.05, 0.1) is 7.11 Å². The zero-order valence-electron chi connectivity index (χ0n) is 14.8. The Morgan fingerprint density at radius 2 is 1.96 bits per heavy atom. The van der Waals surface area contributed by atoms with Gasteiger partial charge in [0.25, 0.3) is 0 Å². The standard InChI is InChI=1S/C21H22FNO3/c1-25-19-12-17-16(8-10-23-9-7-15(24)11-18(17)23)20(22)21(19)26-13-14-5-3-2-4-6-14/h2-6,12,18H,7-11,13H2,1H3. The van der Waals surface area contributed by atoms with Crippen molar-refractivity contribution in [2.75, 3.05) is 20.2 Å². The number of fused-ring (bicyclic) bond motifs is 3. The van der Waals surface area contributed by atoms with Gasteiger partial charge >= 0.3 is 0 Å². The largest absolute Gasteiger partial charge is 0.493 e. The Bertz CT molecular complexity index is 822. The molecular weight excluding hydrogens is 333 g/mol. The molecule has 2 heterocycles. The van der Waals surface area contributed by atoms with Gasteiger partial charge in [-0.3, -0.25) is 9.69 Å². The number of ketones is 1. The molecule has 2 aromatic rings. The minimum absolute atomic E-state index is 0.0495. The van der Waals surface area contributed by atoms with Crippen LogP contribution >= 0.6 is 0 Å².